The fraction of sp³-hybridized carbons (Fsp3) is 0.647. The molecule has 1 aliphatic heterocycles. The average molecular weight is 383 g/mol. The fourth-order valence-electron chi connectivity index (χ4n) is 2.85. The number of aryl methyl sites for hydroxylation is 1. The maximum atomic E-state index is 12.2. The molecule has 1 aliphatic rings. The van der Waals surface area contributed by atoms with Crippen molar-refractivity contribution in [2.75, 3.05) is 30.0 Å². The summed E-state index contributed by atoms with van der Waals surface area (Å²) in [5.41, 5.74) is 0. The molecule has 1 aromatic heterocycles. The molecule has 1 saturated heterocycles. The van der Waals surface area contributed by atoms with Crippen molar-refractivity contribution in [1.29, 1.82) is 0 Å². The molecule has 0 bridgehead atoms. The van der Waals surface area contributed by atoms with Crippen LogP contribution >= 0.6 is 11.8 Å². The summed E-state index contributed by atoms with van der Waals surface area (Å²) in [6, 6.07) is 1.85. The monoisotopic (exact) mass is 383 g/mol. The second-order valence-electron chi connectivity index (χ2n) is 6.17. The molecule has 1 aromatic rings. The molecule has 26 heavy (non-hydrogen) atoms. The van der Waals surface area contributed by atoms with Crippen LogP contribution in [0.1, 0.15) is 38.4 Å². The molecule has 9 heteroatoms. The summed E-state index contributed by atoms with van der Waals surface area (Å²) in [5, 5.41) is 6.22. The number of esters is 1. The number of ether oxygens (including phenoxy) is 1. The van der Waals surface area contributed by atoms with E-state index >= 15 is 0 Å². The fourth-order valence-corrected chi connectivity index (χ4v) is 3.46. The maximum absolute atomic E-state index is 12.2. The van der Waals surface area contributed by atoms with Gasteiger partial charge in [0.1, 0.15) is 5.76 Å². The number of hydrogen-bond donors (Lipinski definition) is 1. The lowest BCUT2D eigenvalue weighted by atomic mass is 10.00. The number of aromatic nitrogens is 1. The average Bonchev–Trinajstić information content (AvgIpc) is 3.04. The Balaban J connectivity index is 1.62. The number of nitrogens with zero attached hydrogens (tertiary/aromatic N) is 2. The Morgan fingerprint density at radius 2 is 2.19 bits per heavy atom. The number of rotatable bonds is 8. The minimum absolute atomic E-state index is 0.00967. The SMILES string of the molecule is CC[C@H]1CCCCN1C(=O)COC(=O)CSCC(=O)Nc1cc(C)on1. The van der Waals surface area contributed by atoms with Gasteiger partial charge in [0.2, 0.25) is 5.91 Å². The van der Waals surface area contributed by atoms with Crippen LogP contribution in [0.5, 0.6) is 0 Å². The lowest BCUT2D eigenvalue weighted by Crippen LogP contribution is -2.45. The zero-order chi connectivity index (χ0) is 18.9. The van der Waals surface area contributed by atoms with E-state index < -0.39 is 5.97 Å². The van der Waals surface area contributed by atoms with E-state index in [-0.39, 0.29) is 36.0 Å². The summed E-state index contributed by atoms with van der Waals surface area (Å²) in [7, 11) is 0. The number of carbonyl (C=O) groups excluding carboxylic acids is 3. The van der Waals surface area contributed by atoms with Crippen molar-refractivity contribution in [1.82, 2.24) is 10.1 Å². The quantitative estimate of drug-likeness (QED) is 0.685. The first kappa shape index (κ1) is 20.3. The molecule has 2 heterocycles. The van der Waals surface area contributed by atoms with Crippen LogP contribution in [0.4, 0.5) is 5.82 Å². The lowest BCUT2D eigenvalue weighted by molar-refractivity contribution is -0.151. The van der Waals surface area contributed by atoms with Gasteiger partial charge in [-0.25, -0.2) is 0 Å². The molecule has 0 spiro atoms. The minimum atomic E-state index is -0.501. The molecule has 0 unspecified atom stereocenters. The largest absolute Gasteiger partial charge is 0.455 e. The molecule has 0 aliphatic carbocycles. The number of hydrogen-bond acceptors (Lipinski definition) is 7. The molecule has 144 valence electrons. The third-order valence-electron chi connectivity index (χ3n) is 4.12. The van der Waals surface area contributed by atoms with E-state index in [4.69, 9.17) is 9.26 Å². The highest BCUT2D eigenvalue weighted by Gasteiger charge is 2.25. The Bertz CT molecular complexity index is 634. The van der Waals surface area contributed by atoms with Crippen LogP contribution in [-0.2, 0) is 19.1 Å². The van der Waals surface area contributed by atoms with Gasteiger partial charge in [0, 0.05) is 18.7 Å². The summed E-state index contributed by atoms with van der Waals surface area (Å²) in [6.07, 6.45) is 4.04. The first-order valence-corrected chi connectivity index (χ1v) is 9.91. The van der Waals surface area contributed by atoms with E-state index in [1.54, 1.807) is 13.0 Å². The highest BCUT2D eigenvalue weighted by atomic mass is 32.2. The predicted octanol–water partition coefficient (Wildman–Crippen LogP) is 1.99. The van der Waals surface area contributed by atoms with Crippen LogP contribution in [-0.4, -0.2) is 58.5 Å². The maximum Gasteiger partial charge on any atom is 0.316 e. The first-order chi connectivity index (χ1) is 12.5. The van der Waals surface area contributed by atoms with Crippen molar-refractivity contribution in [3.05, 3.63) is 11.8 Å². The van der Waals surface area contributed by atoms with E-state index in [0.717, 1.165) is 44.0 Å². The van der Waals surface area contributed by atoms with Gasteiger partial charge in [0.15, 0.2) is 12.4 Å². The van der Waals surface area contributed by atoms with Crippen molar-refractivity contribution in [2.24, 2.45) is 0 Å². The van der Waals surface area contributed by atoms with Gasteiger partial charge in [-0.1, -0.05) is 12.1 Å². The molecule has 2 amide bonds. The number of thioether (sulfide) groups is 1. The minimum Gasteiger partial charge on any atom is -0.455 e. The van der Waals surface area contributed by atoms with Gasteiger partial charge in [-0.3, -0.25) is 14.4 Å². The van der Waals surface area contributed by atoms with E-state index in [0.29, 0.717) is 11.6 Å². The van der Waals surface area contributed by atoms with Crippen molar-refractivity contribution >= 4 is 35.4 Å². The summed E-state index contributed by atoms with van der Waals surface area (Å²) in [6.45, 7) is 4.28. The van der Waals surface area contributed by atoms with Crippen LogP contribution < -0.4 is 5.32 Å². The van der Waals surface area contributed by atoms with Crippen LogP contribution in [0.2, 0.25) is 0 Å². The van der Waals surface area contributed by atoms with Gasteiger partial charge in [-0.15, -0.1) is 11.8 Å². The second-order valence-corrected chi connectivity index (χ2v) is 7.16. The zero-order valence-electron chi connectivity index (χ0n) is 15.2. The molecule has 8 nitrogen and oxygen atoms in total. The molecule has 0 aromatic carbocycles. The zero-order valence-corrected chi connectivity index (χ0v) is 16.0. The number of carbonyl (C=O) groups is 3. The van der Waals surface area contributed by atoms with Gasteiger partial charge in [-0.2, -0.15) is 0 Å². The molecule has 0 saturated carbocycles. The molecule has 0 radical (unpaired) electrons. The molecular weight excluding hydrogens is 358 g/mol. The van der Waals surface area contributed by atoms with Crippen LogP contribution in [0.3, 0.4) is 0 Å². The van der Waals surface area contributed by atoms with Crippen molar-refractivity contribution in [3.8, 4) is 0 Å². The Morgan fingerprint density at radius 3 is 2.88 bits per heavy atom. The van der Waals surface area contributed by atoms with Gasteiger partial charge in [0.25, 0.3) is 5.91 Å². The number of likely N-dealkylation sites (tertiary alicyclic amines) is 1. The summed E-state index contributed by atoms with van der Waals surface area (Å²) >= 11 is 1.12. The Kier molecular flexibility index (Phi) is 7.96. The second kappa shape index (κ2) is 10.2. The van der Waals surface area contributed by atoms with E-state index in [2.05, 4.69) is 17.4 Å². The van der Waals surface area contributed by atoms with Crippen molar-refractivity contribution < 1.29 is 23.6 Å². The topological polar surface area (TPSA) is 102 Å². The van der Waals surface area contributed by atoms with Crippen LogP contribution in [0, 0.1) is 6.92 Å². The molecule has 1 N–H and O–H groups in total. The predicted molar refractivity (Wildman–Crippen MR) is 97.8 cm³/mol. The van der Waals surface area contributed by atoms with Gasteiger partial charge >= 0.3 is 5.97 Å². The highest BCUT2D eigenvalue weighted by molar-refractivity contribution is 8.00. The lowest BCUT2D eigenvalue weighted by Gasteiger charge is -2.35. The van der Waals surface area contributed by atoms with Crippen LogP contribution in [0.15, 0.2) is 10.6 Å². The molecule has 1 atom stereocenters. The Labute approximate surface area is 157 Å². The first-order valence-electron chi connectivity index (χ1n) is 8.75. The number of nitrogens with one attached hydrogen (secondary N) is 1. The van der Waals surface area contributed by atoms with E-state index in [1.165, 1.54) is 0 Å². The normalized spacial score (nSPS) is 17.0. The molecular formula is C17H25N3O5S. The van der Waals surface area contributed by atoms with Crippen LogP contribution in [0.25, 0.3) is 0 Å². The Hall–Kier alpha value is -2.03. The molecule has 2 rings (SSSR count). The standard InChI is InChI=1S/C17H25N3O5S/c1-3-13-6-4-5-7-20(13)16(22)9-24-17(23)11-26-10-15(21)18-14-8-12(2)25-19-14/h8,13H,3-7,9-11H2,1-2H3,(H,18,19,21)/t13-/m0/s1. The number of amides is 2. The molecule has 1 fully saturated rings. The van der Waals surface area contributed by atoms with E-state index in [9.17, 15) is 14.4 Å². The van der Waals surface area contributed by atoms with Crippen molar-refractivity contribution in [3.63, 3.8) is 0 Å². The summed E-state index contributed by atoms with van der Waals surface area (Å²) < 4.78 is 9.89. The van der Waals surface area contributed by atoms with Gasteiger partial charge < -0.3 is 19.5 Å². The highest BCUT2D eigenvalue weighted by Crippen LogP contribution is 2.19. The number of piperidine rings is 1. The smallest absolute Gasteiger partial charge is 0.316 e. The third-order valence-corrected chi connectivity index (χ3v) is 5.03. The van der Waals surface area contributed by atoms with E-state index in [1.807, 2.05) is 4.90 Å². The van der Waals surface area contributed by atoms with Crippen molar-refractivity contribution in [2.45, 2.75) is 45.6 Å². The summed E-state index contributed by atoms with van der Waals surface area (Å²) in [4.78, 5) is 37.5. The third kappa shape index (κ3) is 6.36. The summed E-state index contributed by atoms with van der Waals surface area (Å²) in [5.74, 6) is 0.0988. The Morgan fingerprint density at radius 1 is 1.38 bits per heavy atom. The van der Waals surface area contributed by atoms with Gasteiger partial charge in [-0.05, 0) is 32.6 Å². The number of anilines is 1. The van der Waals surface area contributed by atoms with Gasteiger partial charge in [0.05, 0.1) is 11.5 Å².